The fraction of sp³-hybridized carbons (Fsp3) is 0.409. The van der Waals surface area contributed by atoms with E-state index in [-0.39, 0.29) is 11.8 Å². The van der Waals surface area contributed by atoms with Crippen molar-refractivity contribution in [1.82, 2.24) is 0 Å². The number of nitrogens with two attached hydrogens (primary N) is 1. The van der Waals surface area contributed by atoms with E-state index in [0.29, 0.717) is 6.42 Å². The molecule has 148 valence electrons. The molecule has 2 aromatic rings. The minimum absolute atomic E-state index is 0.0481. The molecule has 0 spiro atoms. The van der Waals surface area contributed by atoms with Crippen molar-refractivity contribution in [2.75, 3.05) is 49.4 Å². The Morgan fingerprint density at radius 2 is 1.89 bits per heavy atom. The van der Waals surface area contributed by atoms with Gasteiger partial charge in [0.25, 0.3) is 0 Å². The average molecular weight is 381 g/mol. The lowest BCUT2D eigenvalue weighted by Gasteiger charge is -2.29. The summed E-state index contributed by atoms with van der Waals surface area (Å²) in [5, 5.41) is 3.07. The second-order valence-electron chi connectivity index (χ2n) is 7.39. The topological polar surface area (TPSA) is 76.8 Å². The quantitative estimate of drug-likeness (QED) is 0.797. The molecule has 0 radical (unpaired) electrons. The second-order valence-corrected chi connectivity index (χ2v) is 7.39. The Morgan fingerprint density at radius 3 is 2.61 bits per heavy atom. The molecule has 1 aliphatic carbocycles. The zero-order valence-electron chi connectivity index (χ0n) is 16.2. The number of rotatable bonds is 4. The van der Waals surface area contributed by atoms with Crippen LogP contribution in [0.3, 0.4) is 0 Å². The first-order chi connectivity index (χ1) is 13.7. The SMILES string of the molecule is COc1ccc(N)c2c1CC[C@@H](C(=O)Nc1ccc(N3CCOCC3)cc1)C2. The van der Waals surface area contributed by atoms with Crippen molar-refractivity contribution in [1.29, 1.82) is 0 Å². The lowest BCUT2D eigenvalue weighted by atomic mass is 9.82. The summed E-state index contributed by atoms with van der Waals surface area (Å²) in [6.07, 6.45) is 2.25. The number of hydrogen-bond acceptors (Lipinski definition) is 5. The van der Waals surface area contributed by atoms with Crippen LogP contribution in [0.15, 0.2) is 36.4 Å². The molecule has 1 aliphatic heterocycles. The van der Waals surface area contributed by atoms with Gasteiger partial charge in [-0.2, -0.15) is 0 Å². The van der Waals surface area contributed by atoms with Gasteiger partial charge in [-0.15, -0.1) is 0 Å². The van der Waals surface area contributed by atoms with Gasteiger partial charge < -0.3 is 25.4 Å². The van der Waals surface area contributed by atoms with E-state index in [4.69, 9.17) is 15.2 Å². The van der Waals surface area contributed by atoms with E-state index in [9.17, 15) is 4.79 Å². The lowest BCUT2D eigenvalue weighted by Crippen LogP contribution is -2.36. The smallest absolute Gasteiger partial charge is 0.227 e. The highest BCUT2D eigenvalue weighted by Gasteiger charge is 2.28. The third-order valence-electron chi connectivity index (χ3n) is 5.72. The number of nitrogens with zero attached hydrogens (tertiary/aromatic N) is 1. The number of nitrogen functional groups attached to an aromatic ring is 1. The monoisotopic (exact) mass is 381 g/mol. The summed E-state index contributed by atoms with van der Waals surface area (Å²) < 4.78 is 10.8. The van der Waals surface area contributed by atoms with Crippen LogP contribution in [0, 0.1) is 5.92 Å². The molecular formula is C22H27N3O3. The van der Waals surface area contributed by atoms with Crippen molar-refractivity contribution < 1.29 is 14.3 Å². The molecule has 1 fully saturated rings. The number of amides is 1. The van der Waals surface area contributed by atoms with Crippen LogP contribution in [0.25, 0.3) is 0 Å². The minimum Gasteiger partial charge on any atom is -0.496 e. The number of fused-ring (bicyclic) bond motifs is 1. The third-order valence-corrected chi connectivity index (χ3v) is 5.72. The highest BCUT2D eigenvalue weighted by molar-refractivity contribution is 5.93. The van der Waals surface area contributed by atoms with Crippen LogP contribution in [0.5, 0.6) is 5.75 Å². The zero-order chi connectivity index (χ0) is 19.5. The number of ether oxygens (including phenoxy) is 2. The van der Waals surface area contributed by atoms with Gasteiger partial charge in [-0.25, -0.2) is 0 Å². The first-order valence-electron chi connectivity index (χ1n) is 9.83. The van der Waals surface area contributed by atoms with Crippen LogP contribution in [-0.4, -0.2) is 39.3 Å². The molecule has 6 heteroatoms. The molecule has 6 nitrogen and oxygen atoms in total. The summed E-state index contributed by atoms with van der Waals surface area (Å²) >= 11 is 0. The molecule has 1 amide bonds. The van der Waals surface area contributed by atoms with E-state index in [1.54, 1.807) is 7.11 Å². The fourth-order valence-electron chi connectivity index (χ4n) is 4.11. The van der Waals surface area contributed by atoms with E-state index < -0.39 is 0 Å². The second kappa shape index (κ2) is 8.10. The van der Waals surface area contributed by atoms with Gasteiger partial charge in [-0.05, 0) is 66.8 Å². The van der Waals surface area contributed by atoms with E-state index in [1.807, 2.05) is 24.3 Å². The number of carbonyl (C=O) groups is 1. The Bertz CT molecular complexity index is 845. The lowest BCUT2D eigenvalue weighted by molar-refractivity contribution is -0.120. The number of hydrogen-bond donors (Lipinski definition) is 2. The van der Waals surface area contributed by atoms with Gasteiger partial charge in [0, 0.05) is 36.1 Å². The Labute approximate surface area is 165 Å². The molecule has 0 aromatic heterocycles. The van der Waals surface area contributed by atoms with Crippen molar-refractivity contribution >= 4 is 23.0 Å². The molecule has 1 atom stereocenters. The molecular weight excluding hydrogens is 354 g/mol. The number of carbonyl (C=O) groups excluding carboxylic acids is 1. The van der Waals surface area contributed by atoms with Gasteiger partial charge in [0.15, 0.2) is 0 Å². The highest BCUT2D eigenvalue weighted by atomic mass is 16.5. The molecule has 2 aliphatic rings. The number of methoxy groups -OCH3 is 1. The maximum absolute atomic E-state index is 12.8. The molecule has 0 unspecified atom stereocenters. The summed E-state index contributed by atoms with van der Waals surface area (Å²) in [5.74, 6) is 0.828. The van der Waals surface area contributed by atoms with E-state index in [1.165, 1.54) is 0 Å². The summed E-state index contributed by atoms with van der Waals surface area (Å²) in [6, 6.07) is 11.8. The molecule has 1 saturated heterocycles. The molecule has 1 heterocycles. The van der Waals surface area contributed by atoms with Gasteiger partial charge in [0.2, 0.25) is 5.91 Å². The Balaban J connectivity index is 1.42. The molecule has 3 N–H and O–H groups in total. The summed E-state index contributed by atoms with van der Waals surface area (Å²) in [7, 11) is 1.67. The van der Waals surface area contributed by atoms with Gasteiger partial charge in [-0.1, -0.05) is 0 Å². The molecule has 0 bridgehead atoms. The summed E-state index contributed by atoms with van der Waals surface area (Å²) in [4.78, 5) is 15.1. The first-order valence-corrected chi connectivity index (χ1v) is 9.83. The third kappa shape index (κ3) is 3.78. The molecule has 0 saturated carbocycles. The average Bonchev–Trinajstić information content (AvgIpc) is 2.75. The molecule has 4 rings (SSSR count). The Morgan fingerprint density at radius 1 is 1.14 bits per heavy atom. The number of anilines is 3. The maximum Gasteiger partial charge on any atom is 0.227 e. The van der Waals surface area contributed by atoms with Crippen LogP contribution < -0.4 is 20.7 Å². The molecule has 28 heavy (non-hydrogen) atoms. The Kier molecular flexibility index (Phi) is 5.39. The maximum atomic E-state index is 12.8. The van der Waals surface area contributed by atoms with E-state index in [0.717, 1.165) is 73.1 Å². The van der Waals surface area contributed by atoms with Gasteiger partial charge in [0.05, 0.1) is 20.3 Å². The largest absolute Gasteiger partial charge is 0.496 e. The highest BCUT2D eigenvalue weighted by Crippen LogP contribution is 2.36. The first kappa shape index (κ1) is 18.6. The standard InChI is InChI=1S/C22H27N3O3/c1-27-21-9-8-20(23)19-14-15(2-7-18(19)21)22(26)24-16-3-5-17(6-4-16)25-10-12-28-13-11-25/h3-6,8-9,15H,2,7,10-14,23H2,1H3,(H,24,26)/t15-/m1/s1. The summed E-state index contributed by atoms with van der Waals surface area (Å²) in [5.41, 5.74) is 11.1. The minimum atomic E-state index is -0.0826. The van der Waals surface area contributed by atoms with Gasteiger partial charge >= 0.3 is 0 Å². The number of benzene rings is 2. The van der Waals surface area contributed by atoms with Gasteiger partial charge in [-0.3, -0.25) is 4.79 Å². The predicted octanol–water partition coefficient (Wildman–Crippen LogP) is 2.86. The van der Waals surface area contributed by atoms with Crippen LogP contribution in [0.1, 0.15) is 17.5 Å². The van der Waals surface area contributed by atoms with E-state index >= 15 is 0 Å². The van der Waals surface area contributed by atoms with Crippen molar-refractivity contribution in [2.24, 2.45) is 5.92 Å². The van der Waals surface area contributed by atoms with Crippen LogP contribution in [0.2, 0.25) is 0 Å². The predicted molar refractivity (Wildman–Crippen MR) is 111 cm³/mol. The van der Waals surface area contributed by atoms with Crippen molar-refractivity contribution in [3.8, 4) is 5.75 Å². The van der Waals surface area contributed by atoms with Crippen LogP contribution in [-0.2, 0) is 22.4 Å². The van der Waals surface area contributed by atoms with Crippen molar-refractivity contribution in [3.63, 3.8) is 0 Å². The van der Waals surface area contributed by atoms with Crippen molar-refractivity contribution in [3.05, 3.63) is 47.5 Å². The van der Waals surface area contributed by atoms with E-state index in [2.05, 4.69) is 22.3 Å². The number of nitrogens with one attached hydrogen (secondary N) is 1. The normalized spacial score (nSPS) is 19.0. The van der Waals surface area contributed by atoms with Crippen LogP contribution >= 0.6 is 0 Å². The molecule has 2 aromatic carbocycles. The van der Waals surface area contributed by atoms with Gasteiger partial charge in [0.1, 0.15) is 5.75 Å². The fourth-order valence-corrected chi connectivity index (χ4v) is 4.11. The Hall–Kier alpha value is -2.73. The van der Waals surface area contributed by atoms with Crippen molar-refractivity contribution in [2.45, 2.75) is 19.3 Å². The van der Waals surface area contributed by atoms with Crippen LogP contribution in [0.4, 0.5) is 17.1 Å². The zero-order valence-corrected chi connectivity index (χ0v) is 16.2. The summed E-state index contributed by atoms with van der Waals surface area (Å²) in [6.45, 7) is 3.32. The number of morpholine rings is 1.